The summed E-state index contributed by atoms with van der Waals surface area (Å²) in [6.07, 6.45) is -1.47. The van der Waals surface area contributed by atoms with Gasteiger partial charge in [0.2, 0.25) is 5.91 Å². The number of hydrogen-bond acceptors (Lipinski definition) is 4. The number of likely N-dealkylation sites (tertiary alicyclic amines) is 1. The second-order valence-electron chi connectivity index (χ2n) is 6.86. The Morgan fingerprint density at radius 1 is 1.19 bits per heavy atom. The number of amides is 1. The average Bonchev–Trinajstić information content (AvgIpc) is 3.10. The SMILES string of the molecule is N#Cc1ccc(N2CCC(N3CCCC3C(N)=O)CC2)c(C(F)(F)F)c1. The third-order valence-corrected chi connectivity index (χ3v) is 5.33. The normalized spacial score (nSPS) is 22.4. The highest BCUT2D eigenvalue weighted by molar-refractivity contribution is 5.80. The minimum Gasteiger partial charge on any atom is -0.371 e. The van der Waals surface area contributed by atoms with Crippen LogP contribution in [0.5, 0.6) is 0 Å². The van der Waals surface area contributed by atoms with E-state index in [0.29, 0.717) is 25.9 Å². The highest BCUT2D eigenvalue weighted by Crippen LogP contribution is 2.38. The van der Waals surface area contributed by atoms with Crippen molar-refractivity contribution in [1.82, 2.24) is 4.90 Å². The van der Waals surface area contributed by atoms with Gasteiger partial charge in [0.25, 0.3) is 0 Å². The number of hydrogen-bond donors (Lipinski definition) is 1. The topological polar surface area (TPSA) is 73.4 Å². The molecule has 8 heteroatoms. The maximum Gasteiger partial charge on any atom is 0.418 e. The standard InChI is InChI=1S/C18H21F3N4O/c19-18(20,21)14-10-12(11-22)3-4-15(14)24-8-5-13(6-9-24)25-7-1-2-16(25)17(23)26/h3-4,10,13,16H,1-2,5-9H2,(H2,23,26). The zero-order valence-electron chi connectivity index (χ0n) is 14.3. The Hall–Kier alpha value is -2.27. The van der Waals surface area contributed by atoms with Crippen LogP contribution < -0.4 is 10.6 Å². The van der Waals surface area contributed by atoms with Crippen LogP contribution in [0.25, 0.3) is 0 Å². The molecular weight excluding hydrogens is 345 g/mol. The van der Waals surface area contributed by atoms with E-state index in [-0.39, 0.29) is 29.2 Å². The molecule has 0 aliphatic carbocycles. The van der Waals surface area contributed by atoms with Crippen molar-refractivity contribution in [2.24, 2.45) is 5.73 Å². The van der Waals surface area contributed by atoms with Crippen LogP contribution in [0.1, 0.15) is 36.8 Å². The maximum atomic E-state index is 13.4. The van der Waals surface area contributed by atoms with E-state index in [0.717, 1.165) is 25.5 Å². The Labute approximate surface area is 150 Å². The number of carbonyl (C=O) groups is 1. The number of nitriles is 1. The van der Waals surface area contributed by atoms with Crippen molar-refractivity contribution >= 4 is 11.6 Å². The van der Waals surface area contributed by atoms with Crippen molar-refractivity contribution < 1.29 is 18.0 Å². The fraction of sp³-hybridized carbons (Fsp3) is 0.556. The lowest BCUT2D eigenvalue weighted by atomic mass is 9.99. The predicted octanol–water partition coefficient (Wildman–Crippen LogP) is 2.50. The van der Waals surface area contributed by atoms with E-state index < -0.39 is 11.7 Å². The van der Waals surface area contributed by atoms with Crippen LogP contribution in [0.2, 0.25) is 0 Å². The molecule has 2 N–H and O–H groups in total. The second-order valence-corrected chi connectivity index (χ2v) is 6.86. The number of piperidine rings is 1. The molecule has 1 unspecified atom stereocenters. The Morgan fingerprint density at radius 3 is 2.46 bits per heavy atom. The maximum absolute atomic E-state index is 13.4. The minimum atomic E-state index is -4.51. The van der Waals surface area contributed by atoms with E-state index in [1.165, 1.54) is 12.1 Å². The van der Waals surface area contributed by atoms with Crippen molar-refractivity contribution in [2.45, 2.75) is 43.9 Å². The molecule has 0 saturated carbocycles. The molecule has 140 valence electrons. The van der Waals surface area contributed by atoms with Crippen LogP contribution in [0.4, 0.5) is 18.9 Å². The molecule has 2 heterocycles. The van der Waals surface area contributed by atoms with Crippen LogP contribution in [0, 0.1) is 11.3 Å². The molecule has 0 aromatic heterocycles. The fourth-order valence-corrected chi connectivity index (χ4v) is 4.08. The zero-order chi connectivity index (χ0) is 18.9. The van der Waals surface area contributed by atoms with Gasteiger partial charge in [-0.05, 0) is 50.4 Å². The Morgan fingerprint density at radius 2 is 1.88 bits per heavy atom. The number of primary amides is 1. The minimum absolute atomic E-state index is 0.00247. The largest absolute Gasteiger partial charge is 0.418 e. The van der Waals surface area contributed by atoms with Gasteiger partial charge in [-0.15, -0.1) is 0 Å². The first-order chi connectivity index (χ1) is 12.3. The summed E-state index contributed by atoms with van der Waals surface area (Å²) in [6.45, 7) is 1.76. The first-order valence-electron chi connectivity index (χ1n) is 8.72. The van der Waals surface area contributed by atoms with Gasteiger partial charge in [-0.3, -0.25) is 9.69 Å². The van der Waals surface area contributed by atoms with E-state index in [1.54, 1.807) is 11.0 Å². The van der Waals surface area contributed by atoms with Gasteiger partial charge in [-0.1, -0.05) is 0 Å². The van der Waals surface area contributed by atoms with Gasteiger partial charge in [-0.25, -0.2) is 0 Å². The average molecular weight is 366 g/mol. The zero-order valence-corrected chi connectivity index (χ0v) is 14.3. The van der Waals surface area contributed by atoms with Crippen molar-refractivity contribution in [3.05, 3.63) is 29.3 Å². The van der Waals surface area contributed by atoms with Crippen LogP contribution in [0.3, 0.4) is 0 Å². The van der Waals surface area contributed by atoms with Gasteiger partial charge in [-0.2, -0.15) is 18.4 Å². The molecule has 3 rings (SSSR count). The van der Waals surface area contributed by atoms with Gasteiger partial charge in [0.15, 0.2) is 0 Å². The molecule has 0 spiro atoms. The van der Waals surface area contributed by atoms with Gasteiger partial charge in [0.05, 0.1) is 23.2 Å². The number of nitrogens with two attached hydrogens (primary N) is 1. The second kappa shape index (κ2) is 7.16. The lowest BCUT2D eigenvalue weighted by molar-refractivity contribution is -0.137. The van der Waals surface area contributed by atoms with Gasteiger partial charge in [0, 0.05) is 24.8 Å². The van der Waals surface area contributed by atoms with Gasteiger partial charge < -0.3 is 10.6 Å². The number of alkyl halides is 3. The molecule has 26 heavy (non-hydrogen) atoms. The highest BCUT2D eigenvalue weighted by Gasteiger charge is 2.38. The van der Waals surface area contributed by atoms with E-state index in [9.17, 15) is 18.0 Å². The van der Waals surface area contributed by atoms with Crippen LogP contribution >= 0.6 is 0 Å². The lowest BCUT2D eigenvalue weighted by Crippen LogP contribution is -2.50. The van der Waals surface area contributed by atoms with Crippen LogP contribution in [0.15, 0.2) is 18.2 Å². The summed E-state index contributed by atoms with van der Waals surface area (Å²) >= 11 is 0. The number of anilines is 1. The number of rotatable bonds is 3. The third kappa shape index (κ3) is 3.63. The van der Waals surface area contributed by atoms with Crippen molar-refractivity contribution in [1.29, 1.82) is 5.26 Å². The van der Waals surface area contributed by atoms with Gasteiger partial charge in [0.1, 0.15) is 0 Å². The smallest absolute Gasteiger partial charge is 0.371 e. The summed E-state index contributed by atoms with van der Waals surface area (Å²) < 4.78 is 40.2. The number of nitrogens with zero attached hydrogens (tertiary/aromatic N) is 3. The number of benzene rings is 1. The molecule has 0 radical (unpaired) electrons. The molecule has 1 aromatic rings. The molecule has 2 aliphatic rings. The van der Waals surface area contributed by atoms with Crippen LogP contribution in [-0.2, 0) is 11.0 Å². The predicted molar refractivity (Wildman–Crippen MR) is 90.3 cm³/mol. The number of halogens is 3. The Kier molecular flexibility index (Phi) is 5.10. The highest BCUT2D eigenvalue weighted by atomic mass is 19.4. The van der Waals surface area contributed by atoms with Crippen LogP contribution in [-0.4, -0.2) is 42.5 Å². The van der Waals surface area contributed by atoms with Crippen molar-refractivity contribution in [2.75, 3.05) is 24.5 Å². The Balaban J connectivity index is 1.74. The van der Waals surface area contributed by atoms with E-state index >= 15 is 0 Å². The first kappa shape index (κ1) is 18.5. The quantitative estimate of drug-likeness (QED) is 0.892. The first-order valence-corrected chi connectivity index (χ1v) is 8.72. The van der Waals surface area contributed by atoms with E-state index in [1.807, 2.05) is 0 Å². The summed E-state index contributed by atoms with van der Waals surface area (Å²) in [5.41, 5.74) is 4.81. The molecule has 5 nitrogen and oxygen atoms in total. The monoisotopic (exact) mass is 366 g/mol. The fourth-order valence-electron chi connectivity index (χ4n) is 4.08. The number of carbonyl (C=O) groups excluding carboxylic acids is 1. The van der Waals surface area contributed by atoms with Crippen molar-refractivity contribution in [3.8, 4) is 6.07 Å². The molecule has 1 amide bonds. The summed E-state index contributed by atoms with van der Waals surface area (Å²) in [5, 5.41) is 8.88. The molecule has 2 aliphatic heterocycles. The molecule has 2 fully saturated rings. The molecule has 2 saturated heterocycles. The summed E-state index contributed by atoms with van der Waals surface area (Å²) in [5.74, 6) is -0.323. The third-order valence-electron chi connectivity index (χ3n) is 5.33. The molecule has 0 bridgehead atoms. The van der Waals surface area contributed by atoms with Gasteiger partial charge >= 0.3 is 6.18 Å². The summed E-state index contributed by atoms with van der Waals surface area (Å²) in [6, 6.07) is 5.37. The van der Waals surface area contributed by atoms with E-state index in [4.69, 9.17) is 11.0 Å². The summed E-state index contributed by atoms with van der Waals surface area (Å²) in [7, 11) is 0. The van der Waals surface area contributed by atoms with Crippen molar-refractivity contribution in [3.63, 3.8) is 0 Å². The Bertz CT molecular complexity index is 720. The summed E-state index contributed by atoms with van der Waals surface area (Å²) in [4.78, 5) is 15.4. The molecular formula is C18H21F3N4O. The molecule has 1 aromatic carbocycles. The molecule has 1 atom stereocenters. The lowest BCUT2D eigenvalue weighted by Gasteiger charge is -2.40. The van der Waals surface area contributed by atoms with E-state index in [2.05, 4.69) is 4.90 Å².